The van der Waals surface area contributed by atoms with Crippen molar-refractivity contribution in [2.45, 2.75) is 49.3 Å². The first-order valence-electron chi connectivity index (χ1n) is 12.6. The number of hydrogen-bond donors (Lipinski definition) is 1. The number of carbonyl (C=O) groups excluding carboxylic acids is 1. The Labute approximate surface area is 206 Å². The summed E-state index contributed by atoms with van der Waals surface area (Å²) in [6.07, 6.45) is 2.67. The highest BCUT2D eigenvalue weighted by Gasteiger charge is 2.50. The fraction of sp³-hybridized carbons (Fsp3) is 0.367. The van der Waals surface area contributed by atoms with Crippen LogP contribution in [-0.4, -0.2) is 48.9 Å². The van der Waals surface area contributed by atoms with Gasteiger partial charge in [0.05, 0.1) is 5.60 Å². The molecular formula is C30H32N2O3. The molecule has 3 aliphatic rings. The molecule has 2 saturated heterocycles. The Bertz CT molecular complexity index is 1190. The highest BCUT2D eigenvalue weighted by atomic mass is 16.6. The minimum Gasteiger partial charge on any atom is -0.448 e. The van der Waals surface area contributed by atoms with E-state index in [0.29, 0.717) is 19.4 Å². The summed E-state index contributed by atoms with van der Waals surface area (Å²) in [6, 6.07) is 24.9. The molecule has 180 valence electrons. The molecule has 0 aromatic heterocycles. The van der Waals surface area contributed by atoms with E-state index in [1.807, 2.05) is 43.3 Å². The molecule has 2 aliphatic heterocycles. The number of nitrogens with zero attached hydrogens (tertiary/aromatic N) is 2. The van der Waals surface area contributed by atoms with Crippen molar-refractivity contribution in [3.63, 3.8) is 0 Å². The van der Waals surface area contributed by atoms with Gasteiger partial charge in [-0.15, -0.1) is 0 Å². The van der Waals surface area contributed by atoms with Crippen LogP contribution >= 0.6 is 0 Å². The minimum absolute atomic E-state index is 0.00271. The van der Waals surface area contributed by atoms with Gasteiger partial charge in [-0.25, -0.2) is 4.79 Å². The molecule has 2 atom stereocenters. The predicted molar refractivity (Wildman–Crippen MR) is 138 cm³/mol. The lowest BCUT2D eigenvalue weighted by Crippen LogP contribution is -2.52. The molecule has 2 bridgehead atoms. The maximum atomic E-state index is 13.3. The lowest BCUT2D eigenvalue weighted by atomic mass is 9.80. The SMILES string of the molecule is CN(C)c1ccc(C2(O)CC3CCC(C2)N3C(=O)OCC2c3ccccc3-c3ccccc32)cc1. The Morgan fingerprint density at radius 2 is 1.46 bits per heavy atom. The van der Waals surface area contributed by atoms with E-state index < -0.39 is 5.60 Å². The van der Waals surface area contributed by atoms with Crippen LogP contribution in [0.3, 0.4) is 0 Å². The number of carbonyl (C=O) groups is 1. The van der Waals surface area contributed by atoms with Crippen LogP contribution in [-0.2, 0) is 10.3 Å². The molecule has 0 radical (unpaired) electrons. The summed E-state index contributed by atoms with van der Waals surface area (Å²) in [4.78, 5) is 17.3. The molecule has 5 heteroatoms. The summed E-state index contributed by atoms with van der Waals surface area (Å²) < 4.78 is 5.98. The van der Waals surface area contributed by atoms with Crippen molar-refractivity contribution in [3.05, 3.63) is 89.5 Å². The normalized spacial score (nSPS) is 24.7. The number of amides is 1. The molecule has 6 rings (SSSR count). The number of rotatable bonds is 4. The Balaban J connectivity index is 1.17. The third-order valence-electron chi connectivity index (χ3n) is 8.23. The largest absolute Gasteiger partial charge is 0.448 e. The van der Waals surface area contributed by atoms with E-state index in [-0.39, 0.29) is 24.1 Å². The standard InChI is InChI=1S/C30H32N2O3/c1-31(2)21-13-11-20(12-14-21)30(34)17-22-15-16-23(18-30)32(22)29(33)35-19-28-26-9-5-3-7-24(26)25-8-4-6-10-27(25)28/h3-14,22-23,28,34H,15-19H2,1-2H3. The van der Waals surface area contributed by atoms with E-state index in [2.05, 4.69) is 53.4 Å². The minimum atomic E-state index is -0.906. The van der Waals surface area contributed by atoms with Crippen LogP contribution in [0.15, 0.2) is 72.8 Å². The van der Waals surface area contributed by atoms with E-state index in [0.717, 1.165) is 24.1 Å². The fourth-order valence-corrected chi connectivity index (χ4v) is 6.50. The third-order valence-corrected chi connectivity index (χ3v) is 8.23. The van der Waals surface area contributed by atoms with Gasteiger partial charge in [0, 0.05) is 50.6 Å². The van der Waals surface area contributed by atoms with Gasteiger partial charge in [-0.1, -0.05) is 60.7 Å². The first-order chi connectivity index (χ1) is 16.9. The van der Waals surface area contributed by atoms with Crippen molar-refractivity contribution in [1.82, 2.24) is 4.90 Å². The summed E-state index contributed by atoms with van der Waals surface area (Å²) in [7, 11) is 4.02. The maximum absolute atomic E-state index is 13.3. The van der Waals surface area contributed by atoms with Gasteiger partial charge in [0.15, 0.2) is 0 Å². The van der Waals surface area contributed by atoms with Crippen LogP contribution in [0.5, 0.6) is 0 Å². The summed E-state index contributed by atoms with van der Waals surface area (Å²) >= 11 is 0. The monoisotopic (exact) mass is 468 g/mol. The number of ether oxygens (including phenoxy) is 1. The molecule has 0 saturated carbocycles. The zero-order chi connectivity index (χ0) is 24.2. The van der Waals surface area contributed by atoms with Crippen molar-refractivity contribution >= 4 is 11.8 Å². The first kappa shape index (κ1) is 22.2. The van der Waals surface area contributed by atoms with Crippen LogP contribution in [0.4, 0.5) is 10.5 Å². The molecule has 35 heavy (non-hydrogen) atoms. The Kier molecular flexibility index (Phi) is 5.33. The van der Waals surface area contributed by atoms with Crippen LogP contribution < -0.4 is 4.90 Å². The molecule has 2 heterocycles. The van der Waals surface area contributed by atoms with E-state index >= 15 is 0 Å². The maximum Gasteiger partial charge on any atom is 0.410 e. The Hall–Kier alpha value is -3.31. The van der Waals surface area contributed by atoms with Crippen molar-refractivity contribution in [2.24, 2.45) is 0 Å². The van der Waals surface area contributed by atoms with E-state index in [4.69, 9.17) is 4.74 Å². The number of benzene rings is 3. The first-order valence-corrected chi connectivity index (χ1v) is 12.6. The van der Waals surface area contributed by atoms with E-state index in [1.54, 1.807) is 0 Å². The number of fused-ring (bicyclic) bond motifs is 5. The summed E-state index contributed by atoms with van der Waals surface area (Å²) in [5, 5.41) is 11.6. The van der Waals surface area contributed by atoms with Gasteiger partial charge in [-0.05, 0) is 52.8 Å². The van der Waals surface area contributed by atoms with Crippen LogP contribution in [0.2, 0.25) is 0 Å². The van der Waals surface area contributed by atoms with Crippen molar-refractivity contribution in [1.29, 1.82) is 0 Å². The summed E-state index contributed by atoms with van der Waals surface area (Å²) in [5.74, 6) is 0.0564. The van der Waals surface area contributed by atoms with Gasteiger partial charge in [-0.3, -0.25) is 0 Å². The fourth-order valence-electron chi connectivity index (χ4n) is 6.50. The summed E-state index contributed by atoms with van der Waals surface area (Å²) in [6.45, 7) is 0.332. The highest BCUT2D eigenvalue weighted by molar-refractivity contribution is 5.79. The predicted octanol–water partition coefficient (Wildman–Crippen LogP) is 5.52. The molecule has 5 nitrogen and oxygen atoms in total. The van der Waals surface area contributed by atoms with E-state index in [9.17, 15) is 9.90 Å². The van der Waals surface area contributed by atoms with Gasteiger partial charge >= 0.3 is 6.09 Å². The molecule has 3 aromatic rings. The number of hydrogen-bond acceptors (Lipinski definition) is 4. The average Bonchev–Trinajstić information content (AvgIpc) is 3.34. The second-order valence-electron chi connectivity index (χ2n) is 10.5. The molecule has 0 spiro atoms. The lowest BCUT2D eigenvalue weighted by Gasteiger charge is -2.43. The van der Waals surface area contributed by atoms with Crippen molar-refractivity contribution in [2.75, 3.05) is 25.6 Å². The molecule has 3 aromatic carbocycles. The van der Waals surface area contributed by atoms with Gasteiger partial charge in [-0.2, -0.15) is 0 Å². The lowest BCUT2D eigenvalue weighted by molar-refractivity contribution is -0.0531. The van der Waals surface area contributed by atoms with Crippen molar-refractivity contribution < 1.29 is 14.6 Å². The Morgan fingerprint density at radius 3 is 2.00 bits per heavy atom. The zero-order valence-corrected chi connectivity index (χ0v) is 20.4. The smallest absolute Gasteiger partial charge is 0.410 e. The van der Waals surface area contributed by atoms with Crippen LogP contribution in [0.25, 0.3) is 11.1 Å². The quantitative estimate of drug-likeness (QED) is 0.548. The van der Waals surface area contributed by atoms with Gasteiger partial charge in [0.25, 0.3) is 0 Å². The number of aliphatic hydroxyl groups is 1. The molecule has 2 fully saturated rings. The van der Waals surface area contributed by atoms with Gasteiger partial charge in [0.2, 0.25) is 0 Å². The third kappa shape index (κ3) is 3.69. The molecule has 1 N–H and O–H groups in total. The summed E-state index contributed by atoms with van der Waals surface area (Å²) in [5.41, 5.74) is 6.04. The zero-order valence-electron chi connectivity index (χ0n) is 20.4. The Morgan fingerprint density at radius 1 is 0.914 bits per heavy atom. The van der Waals surface area contributed by atoms with Crippen molar-refractivity contribution in [3.8, 4) is 11.1 Å². The van der Waals surface area contributed by atoms with Crippen LogP contribution in [0, 0.1) is 0 Å². The average molecular weight is 469 g/mol. The van der Waals surface area contributed by atoms with Gasteiger partial charge < -0.3 is 19.6 Å². The topological polar surface area (TPSA) is 53.0 Å². The molecule has 1 amide bonds. The second kappa shape index (κ2) is 8.42. The van der Waals surface area contributed by atoms with Gasteiger partial charge in [0.1, 0.15) is 6.61 Å². The number of piperidine rings is 1. The van der Waals surface area contributed by atoms with Crippen LogP contribution in [0.1, 0.15) is 48.3 Å². The van der Waals surface area contributed by atoms with E-state index in [1.165, 1.54) is 22.3 Å². The number of anilines is 1. The second-order valence-corrected chi connectivity index (χ2v) is 10.5. The molecule has 2 unspecified atom stereocenters. The highest BCUT2D eigenvalue weighted by Crippen LogP contribution is 2.47. The molecule has 1 aliphatic carbocycles. The molecular weight excluding hydrogens is 436 g/mol.